The first kappa shape index (κ1) is 16.0. The maximum atomic E-state index is 13.0. The Morgan fingerprint density at radius 2 is 1.52 bits per heavy atom. The third-order valence-corrected chi connectivity index (χ3v) is 5.38. The largest absolute Gasteiger partial charge is 0.289 e. The van der Waals surface area contributed by atoms with Gasteiger partial charge in [-0.25, -0.2) is 4.98 Å². The molecular weight excluding hydrogens is 330 g/mol. The van der Waals surface area contributed by atoms with Gasteiger partial charge in [0.2, 0.25) is 0 Å². The minimum absolute atomic E-state index is 0.110. The summed E-state index contributed by atoms with van der Waals surface area (Å²) < 4.78 is 0. The van der Waals surface area contributed by atoms with Crippen LogP contribution in [0.2, 0.25) is 0 Å². The molecule has 1 aliphatic carbocycles. The number of fused-ring (bicyclic) bond motifs is 4. The Bertz CT molecular complexity index is 1250. The number of rotatable bonds is 1. The summed E-state index contributed by atoms with van der Waals surface area (Å²) in [6, 6.07) is 20.7. The van der Waals surface area contributed by atoms with E-state index in [1.54, 1.807) is 0 Å². The van der Waals surface area contributed by atoms with E-state index >= 15 is 0 Å². The third kappa shape index (κ3) is 2.41. The number of carbonyl (C=O) groups excluding carboxylic acids is 1. The van der Waals surface area contributed by atoms with Crippen molar-refractivity contribution in [3.05, 3.63) is 88.5 Å². The van der Waals surface area contributed by atoms with E-state index in [2.05, 4.69) is 50.2 Å². The number of hydrogen-bond acceptors (Lipinski definition) is 2. The van der Waals surface area contributed by atoms with Gasteiger partial charge in [-0.15, -0.1) is 0 Å². The quantitative estimate of drug-likeness (QED) is 0.369. The zero-order valence-electron chi connectivity index (χ0n) is 15.6. The van der Waals surface area contributed by atoms with E-state index in [0.29, 0.717) is 0 Å². The van der Waals surface area contributed by atoms with Crippen LogP contribution in [0.5, 0.6) is 0 Å². The van der Waals surface area contributed by atoms with Crippen LogP contribution in [0.1, 0.15) is 32.6 Å². The second kappa shape index (κ2) is 5.62. The number of ketones is 1. The van der Waals surface area contributed by atoms with Gasteiger partial charge in [0, 0.05) is 22.1 Å². The summed E-state index contributed by atoms with van der Waals surface area (Å²) >= 11 is 0. The molecule has 0 bridgehead atoms. The van der Waals surface area contributed by atoms with Gasteiger partial charge < -0.3 is 0 Å². The van der Waals surface area contributed by atoms with Crippen LogP contribution in [0.25, 0.3) is 33.3 Å². The molecule has 0 fully saturated rings. The van der Waals surface area contributed by atoms with Gasteiger partial charge in [-0.2, -0.15) is 0 Å². The molecule has 130 valence electrons. The van der Waals surface area contributed by atoms with E-state index in [9.17, 15) is 4.79 Å². The average Bonchev–Trinajstić information content (AvgIpc) is 2.92. The number of aromatic nitrogens is 1. The van der Waals surface area contributed by atoms with Crippen LogP contribution in [0.3, 0.4) is 0 Å². The minimum Gasteiger partial charge on any atom is -0.289 e. The molecule has 0 N–H and O–H groups in total. The molecule has 2 nitrogen and oxygen atoms in total. The molecule has 0 aliphatic heterocycles. The Labute approximate surface area is 158 Å². The summed E-state index contributed by atoms with van der Waals surface area (Å²) in [7, 11) is 0. The van der Waals surface area contributed by atoms with Gasteiger partial charge in [0.1, 0.15) is 0 Å². The molecule has 3 aromatic carbocycles. The van der Waals surface area contributed by atoms with Gasteiger partial charge in [-0.05, 0) is 67.8 Å². The highest BCUT2D eigenvalue weighted by Crippen LogP contribution is 2.40. The lowest BCUT2D eigenvalue weighted by atomic mass is 10.0. The number of benzene rings is 3. The summed E-state index contributed by atoms with van der Waals surface area (Å²) in [5, 5.41) is 1.06. The Kier molecular flexibility index (Phi) is 3.32. The fourth-order valence-corrected chi connectivity index (χ4v) is 4.19. The highest BCUT2D eigenvalue weighted by atomic mass is 16.1. The molecule has 0 spiro atoms. The summed E-state index contributed by atoms with van der Waals surface area (Å²) in [5.41, 5.74) is 10.0. The minimum atomic E-state index is 0.110. The molecule has 0 atom stereocenters. The SMILES string of the molecule is Cc1cc(C)cc(-c2ccc3cc4c(cc3n2)C(=O)c2c(C)cccc2-4)c1. The van der Waals surface area contributed by atoms with Crippen molar-refractivity contribution in [3.63, 3.8) is 0 Å². The van der Waals surface area contributed by atoms with Crippen LogP contribution in [0.4, 0.5) is 0 Å². The first-order valence-corrected chi connectivity index (χ1v) is 9.19. The van der Waals surface area contributed by atoms with Crippen LogP contribution < -0.4 is 0 Å². The van der Waals surface area contributed by atoms with Crippen LogP contribution in [-0.4, -0.2) is 10.8 Å². The first-order valence-electron chi connectivity index (χ1n) is 9.19. The number of nitrogens with zero attached hydrogens (tertiary/aromatic N) is 1. The van der Waals surface area contributed by atoms with Crippen molar-refractivity contribution in [2.45, 2.75) is 20.8 Å². The molecular formula is C25H19NO. The molecule has 27 heavy (non-hydrogen) atoms. The molecule has 0 unspecified atom stereocenters. The Morgan fingerprint density at radius 1 is 0.741 bits per heavy atom. The van der Waals surface area contributed by atoms with Gasteiger partial charge >= 0.3 is 0 Å². The van der Waals surface area contributed by atoms with E-state index < -0.39 is 0 Å². The number of pyridine rings is 1. The molecule has 0 saturated heterocycles. The van der Waals surface area contributed by atoms with E-state index in [4.69, 9.17) is 4.98 Å². The van der Waals surface area contributed by atoms with E-state index in [1.807, 2.05) is 31.2 Å². The number of carbonyl (C=O) groups is 1. The highest BCUT2D eigenvalue weighted by molar-refractivity contribution is 6.23. The molecule has 4 aromatic rings. The zero-order chi connectivity index (χ0) is 18.7. The van der Waals surface area contributed by atoms with E-state index in [0.717, 1.165) is 50.0 Å². The fourth-order valence-electron chi connectivity index (χ4n) is 4.19. The lowest BCUT2D eigenvalue weighted by Gasteiger charge is -2.08. The monoisotopic (exact) mass is 349 g/mol. The van der Waals surface area contributed by atoms with Gasteiger partial charge in [-0.1, -0.05) is 41.5 Å². The number of hydrogen-bond donors (Lipinski definition) is 0. The Morgan fingerprint density at radius 3 is 2.30 bits per heavy atom. The van der Waals surface area contributed by atoms with Gasteiger partial charge in [0.05, 0.1) is 11.2 Å². The lowest BCUT2D eigenvalue weighted by molar-refractivity contribution is 0.104. The smallest absolute Gasteiger partial charge is 0.194 e. The van der Waals surface area contributed by atoms with Gasteiger partial charge in [0.15, 0.2) is 5.78 Å². The van der Waals surface area contributed by atoms with E-state index in [-0.39, 0.29) is 5.78 Å². The molecule has 1 aliphatic rings. The fraction of sp³-hybridized carbons (Fsp3) is 0.120. The standard InChI is InChI=1S/C25H19NO/c1-14-9-15(2)11-18(10-14)22-8-7-17-12-20-19-6-4-5-16(3)24(19)25(27)21(20)13-23(17)26-22/h4-13H,1-3H3. The summed E-state index contributed by atoms with van der Waals surface area (Å²) in [4.78, 5) is 17.8. The highest BCUT2D eigenvalue weighted by Gasteiger charge is 2.28. The van der Waals surface area contributed by atoms with Crippen molar-refractivity contribution in [2.24, 2.45) is 0 Å². The second-order valence-corrected chi connectivity index (χ2v) is 7.49. The molecule has 2 heteroatoms. The summed E-state index contributed by atoms with van der Waals surface area (Å²) in [6.07, 6.45) is 0. The van der Waals surface area contributed by atoms with Crippen LogP contribution in [0.15, 0.2) is 60.7 Å². The molecule has 0 saturated carbocycles. The maximum absolute atomic E-state index is 13.0. The summed E-state index contributed by atoms with van der Waals surface area (Å²) in [6.45, 7) is 6.20. The average molecular weight is 349 g/mol. The van der Waals surface area contributed by atoms with Gasteiger partial charge in [-0.3, -0.25) is 4.79 Å². The lowest BCUT2D eigenvalue weighted by Crippen LogP contribution is -1.98. The Hall–Kier alpha value is -3.26. The second-order valence-electron chi connectivity index (χ2n) is 7.49. The van der Waals surface area contributed by atoms with Crippen molar-refractivity contribution >= 4 is 16.7 Å². The van der Waals surface area contributed by atoms with Crippen molar-refractivity contribution in [1.82, 2.24) is 4.98 Å². The van der Waals surface area contributed by atoms with Crippen molar-refractivity contribution in [1.29, 1.82) is 0 Å². The van der Waals surface area contributed by atoms with Crippen molar-refractivity contribution in [2.75, 3.05) is 0 Å². The normalized spacial score (nSPS) is 12.3. The first-order chi connectivity index (χ1) is 13.0. The molecule has 1 aromatic heterocycles. The van der Waals surface area contributed by atoms with Crippen LogP contribution >= 0.6 is 0 Å². The topological polar surface area (TPSA) is 30.0 Å². The number of aryl methyl sites for hydroxylation is 3. The van der Waals surface area contributed by atoms with Gasteiger partial charge in [0.25, 0.3) is 0 Å². The Balaban J connectivity index is 1.71. The third-order valence-electron chi connectivity index (χ3n) is 5.38. The van der Waals surface area contributed by atoms with Crippen LogP contribution in [0, 0.1) is 20.8 Å². The summed E-state index contributed by atoms with van der Waals surface area (Å²) in [5.74, 6) is 0.110. The predicted molar refractivity (Wildman–Crippen MR) is 110 cm³/mol. The van der Waals surface area contributed by atoms with E-state index in [1.165, 1.54) is 11.1 Å². The zero-order valence-corrected chi connectivity index (χ0v) is 15.6. The predicted octanol–water partition coefficient (Wildman–Crippen LogP) is 6.04. The van der Waals surface area contributed by atoms with Crippen LogP contribution in [-0.2, 0) is 0 Å². The van der Waals surface area contributed by atoms with Crippen molar-refractivity contribution < 1.29 is 4.79 Å². The maximum Gasteiger partial charge on any atom is 0.194 e. The van der Waals surface area contributed by atoms with Crippen molar-refractivity contribution in [3.8, 4) is 22.4 Å². The molecule has 0 radical (unpaired) electrons. The molecule has 1 heterocycles. The molecule has 5 rings (SSSR count). The molecule has 0 amide bonds.